The molecule has 0 aromatic heterocycles. The summed E-state index contributed by atoms with van der Waals surface area (Å²) in [5, 5.41) is 0. The monoisotopic (exact) mass is 356 g/mol. The van der Waals surface area contributed by atoms with Crippen molar-refractivity contribution in [1.82, 2.24) is 4.90 Å². The minimum absolute atomic E-state index is 0.0423. The number of hydrogen-bond acceptors (Lipinski definition) is 3. The van der Waals surface area contributed by atoms with Crippen LogP contribution in [0.1, 0.15) is 35.7 Å². The van der Waals surface area contributed by atoms with Crippen LogP contribution in [0, 0.1) is 11.7 Å². The second kappa shape index (κ2) is 8.32. The van der Waals surface area contributed by atoms with Crippen molar-refractivity contribution in [2.24, 2.45) is 11.7 Å². The van der Waals surface area contributed by atoms with E-state index in [-0.39, 0.29) is 24.4 Å². The molecule has 5 heteroatoms. The van der Waals surface area contributed by atoms with Crippen LogP contribution in [0.15, 0.2) is 48.5 Å². The lowest BCUT2D eigenvalue weighted by atomic mass is 9.90. The van der Waals surface area contributed by atoms with Gasteiger partial charge in [-0.2, -0.15) is 0 Å². The van der Waals surface area contributed by atoms with Crippen LogP contribution in [0.2, 0.25) is 0 Å². The normalized spacial score (nSPS) is 16.3. The fraction of sp³-hybridized carbons (Fsp3) is 0.381. The van der Waals surface area contributed by atoms with E-state index in [1.165, 1.54) is 12.1 Å². The Balaban J connectivity index is 1.61. The fourth-order valence-corrected chi connectivity index (χ4v) is 3.33. The van der Waals surface area contributed by atoms with Crippen LogP contribution in [-0.2, 0) is 6.61 Å². The number of amides is 1. The first kappa shape index (κ1) is 18.4. The molecule has 0 radical (unpaired) electrons. The van der Waals surface area contributed by atoms with Crippen LogP contribution in [-0.4, -0.2) is 29.9 Å². The Bertz CT molecular complexity index is 755. The van der Waals surface area contributed by atoms with Gasteiger partial charge in [0.05, 0.1) is 0 Å². The van der Waals surface area contributed by atoms with E-state index in [1.54, 1.807) is 12.1 Å². The highest BCUT2D eigenvalue weighted by Gasteiger charge is 2.25. The molecule has 1 unspecified atom stereocenters. The first-order chi connectivity index (χ1) is 12.5. The Morgan fingerprint density at radius 1 is 1.23 bits per heavy atom. The summed E-state index contributed by atoms with van der Waals surface area (Å²) < 4.78 is 18.8. The number of likely N-dealkylation sites (tertiary alicyclic amines) is 1. The number of hydrogen-bond donors (Lipinski definition) is 1. The highest BCUT2D eigenvalue weighted by Crippen LogP contribution is 2.21. The predicted molar refractivity (Wildman–Crippen MR) is 99.5 cm³/mol. The zero-order chi connectivity index (χ0) is 18.5. The maximum Gasteiger partial charge on any atom is 0.253 e. The van der Waals surface area contributed by atoms with Gasteiger partial charge in [-0.05, 0) is 55.5 Å². The zero-order valence-electron chi connectivity index (χ0n) is 15.0. The number of rotatable bonds is 5. The van der Waals surface area contributed by atoms with Gasteiger partial charge in [0.1, 0.15) is 18.2 Å². The number of benzene rings is 2. The van der Waals surface area contributed by atoms with Gasteiger partial charge < -0.3 is 15.4 Å². The first-order valence-corrected chi connectivity index (χ1v) is 9.05. The second-order valence-electron chi connectivity index (χ2n) is 6.94. The lowest BCUT2D eigenvalue weighted by molar-refractivity contribution is 0.0681. The van der Waals surface area contributed by atoms with Gasteiger partial charge in [-0.25, -0.2) is 4.39 Å². The smallest absolute Gasteiger partial charge is 0.253 e. The molecule has 138 valence electrons. The van der Waals surface area contributed by atoms with Crippen LogP contribution in [0.25, 0.3) is 0 Å². The lowest BCUT2D eigenvalue weighted by Crippen LogP contribution is -2.42. The molecule has 1 aliphatic heterocycles. The number of carbonyl (C=O) groups is 1. The third-order valence-electron chi connectivity index (χ3n) is 4.95. The first-order valence-electron chi connectivity index (χ1n) is 9.05. The van der Waals surface area contributed by atoms with Crippen molar-refractivity contribution < 1.29 is 13.9 Å². The van der Waals surface area contributed by atoms with E-state index >= 15 is 0 Å². The molecule has 1 heterocycles. The highest BCUT2D eigenvalue weighted by atomic mass is 19.1. The van der Waals surface area contributed by atoms with E-state index < -0.39 is 0 Å². The zero-order valence-corrected chi connectivity index (χ0v) is 15.0. The maximum atomic E-state index is 13.2. The lowest BCUT2D eigenvalue weighted by Gasteiger charge is -2.33. The molecule has 2 aromatic rings. The van der Waals surface area contributed by atoms with Gasteiger partial charge in [0.25, 0.3) is 5.91 Å². The van der Waals surface area contributed by atoms with Gasteiger partial charge in [-0.15, -0.1) is 0 Å². The Kier molecular flexibility index (Phi) is 5.89. The molecule has 3 rings (SSSR count). The molecular formula is C21H25FN2O2. The summed E-state index contributed by atoms with van der Waals surface area (Å²) in [6.07, 6.45) is 1.90. The van der Waals surface area contributed by atoms with E-state index in [0.29, 0.717) is 17.2 Å². The predicted octanol–water partition coefficient (Wildman–Crippen LogP) is 3.60. The van der Waals surface area contributed by atoms with Crippen molar-refractivity contribution in [3.05, 3.63) is 65.5 Å². The average molecular weight is 356 g/mol. The molecule has 0 bridgehead atoms. The van der Waals surface area contributed by atoms with E-state index in [2.05, 4.69) is 0 Å². The Morgan fingerprint density at radius 2 is 1.96 bits per heavy atom. The van der Waals surface area contributed by atoms with Crippen LogP contribution in [0.4, 0.5) is 4.39 Å². The van der Waals surface area contributed by atoms with E-state index in [0.717, 1.165) is 31.5 Å². The van der Waals surface area contributed by atoms with Crippen LogP contribution in [0.3, 0.4) is 0 Å². The van der Waals surface area contributed by atoms with Crippen molar-refractivity contribution in [2.75, 3.05) is 13.1 Å². The maximum absolute atomic E-state index is 13.2. The molecule has 1 aliphatic rings. The van der Waals surface area contributed by atoms with Crippen molar-refractivity contribution in [2.45, 2.75) is 32.4 Å². The molecule has 0 aliphatic carbocycles. The molecule has 2 aromatic carbocycles. The number of carbonyl (C=O) groups excluding carboxylic acids is 1. The Morgan fingerprint density at radius 3 is 2.65 bits per heavy atom. The topological polar surface area (TPSA) is 55.6 Å². The summed E-state index contributed by atoms with van der Waals surface area (Å²) in [6, 6.07) is 13.6. The molecule has 1 fully saturated rings. The van der Waals surface area contributed by atoms with Gasteiger partial charge >= 0.3 is 0 Å². The average Bonchev–Trinajstić information content (AvgIpc) is 2.66. The molecule has 26 heavy (non-hydrogen) atoms. The Labute approximate surface area is 153 Å². The van der Waals surface area contributed by atoms with Crippen LogP contribution >= 0.6 is 0 Å². The Hall–Kier alpha value is -2.40. The van der Waals surface area contributed by atoms with E-state index in [9.17, 15) is 9.18 Å². The fourth-order valence-electron chi connectivity index (χ4n) is 3.33. The molecular weight excluding hydrogens is 331 g/mol. The minimum atomic E-state index is -0.332. The minimum Gasteiger partial charge on any atom is -0.489 e. The van der Waals surface area contributed by atoms with E-state index in [4.69, 9.17) is 10.5 Å². The van der Waals surface area contributed by atoms with Gasteiger partial charge in [0.15, 0.2) is 0 Å². The van der Waals surface area contributed by atoms with Gasteiger partial charge in [0, 0.05) is 30.8 Å². The number of nitrogens with zero attached hydrogens (tertiary/aromatic N) is 1. The summed E-state index contributed by atoms with van der Waals surface area (Å²) in [7, 11) is 0. The number of halogens is 1. The van der Waals surface area contributed by atoms with Gasteiger partial charge in [0.2, 0.25) is 0 Å². The van der Waals surface area contributed by atoms with Crippen molar-refractivity contribution >= 4 is 5.91 Å². The standard InChI is InChI=1S/C21H25FN2O2/c1-15(23)17-8-10-24(11-9-17)21(25)18-5-2-4-16(12-18)14-26-20-7-3-6-19(22)13-20/h2-7,12-13,15,17H,8-11,14,23H2,1H3. The SMILES string of the molecule is CC(N)C1CCN(C(=O)c2cccc(COc3cccc(F)c3)c2)CC1. The van der Waals surface area contributed by atoms with Crippen molar-refractivity contribution in [3.63, 3.8) is 0 Å². The second-order valence-corrected chi connectivity index (χ2v) is 6.94. The van der Waals surface area contributed by atoms with Crippen LogP contribution < -0.4 is 10.5 Å². The van der Waals surface area contributed by atoms with E-state index in [1.807, 2.05) is 36.1 Å². The summed E-state index contributed by atoms with van der Waals surface area (Å²) in [4.78, 5) is 14.6. The van der Waals surface area contributed by atoms with Crippen molar-refractivity contribution in [3.8, 4) is 5.75 Å². The molecule has 4 nitrogen and oxygen atoms in total. The van der Waals surface area contributed by atoms with Gasteiger partial charge in [-0.1, -0.05) is 18.2 Å². The largest absolute Gasteiger partial charge is 0.489 e. The summed E-state index contributed by atoms with van der Waals surface area (Å²) in [5.74, 6) is 0.673. The number of nitrogens with two attached hydrogens (primary N) is 1. The van der Waals surface area contributed by atoms with Crippen molar-refractivity contribution in [1.29, 1.82) is 0 Å². The third-order valence-corrected chi connectivity index (χ3v) is 4.95. The highest BCUT2D eigenvalue weighted by molar-refractivity contribution is 5.94. The summed E-state index contributed by atoms with van der Waals surface area (Å²) in [6.45, 7) is 3.81. The molecule has 0 saturated carbocycles. The molecule has 1 saturated heterocycles. The van der Waals surface area contributed by atoms with Gasteiger partial charge in [-0.3, -0.25) is 4.79 Å². The number of piperidine rings is 1. The third kappa shape index (κ3) is 4.61. The molecule has 1 atom stereocenters. The molecule has 2 N–H and O–H groups in total. The molecule has 0 spiro atoms. The summed E-state index contributed by atoms with van der Waals surface area (Å²) in [5.41, 5.74) is 7.51. The number of ether oxygens (including phenoxy) is 1. The van der Waals surface area contributed by atoms with Crippen LogP contribution in [0.5, 0.6) is 5.75 Å². The molecule has 1 amide bonds. The summed E-state index contributed by atoms with van der Waals surface area (Å²) >= 11 is 0. The quantitative estimate of drug-likeness (QED) is 0.890.